The van der Waals surface area contributed by atoms with Crippen LogP contribution in [0.25, 0.3) is 0 Å². The fourth-order valence-electron chi connectivity index (χ4n) is 2.40. The van der Waals surface area contributed by atoms with E-state index in [2.05, 4.69) is 5.32 Å². The number of benzene rings is 1. The molecule has 2 atom stereocenters. The Hall–Kier alpha value is -1.06. The SMILES string of the molecule is CC(NC(=O)C(Cl)c1ccccc1)C1CCOCC1. The van der Waals surface area contributed by atoms with Crippen LogP contribution < -0.4 is 5.32 Å². The largest absolute Gasteiger partial charge is 0.381 e. The number of hydrogen-bond donors (Lipinski definition) is 1. The molecule has 0 aromatic heterocycles. The van der Waals surface area contributed by atoms with Gasteiger partial charge in [0, 0.05) is 19.3 Å². The highest BCUT2D eigenvalue weighted by Crippen LogP contribution is 2.22. The standard InChI is InChI=1S/C15H20ClNO2/c1-11(12-7-9-19-10-8-12)17-15(18)14(16)13-5-3-2-4-6-13/h2-6,11-12,14H,7-10H2,1H3,(H,17,18). The molecule has 2 rings (SSSR count). The second kappa shape index (κ2) is 6.92. The number of carbonyl (C=O) groups excluding carboxylic acids is 1. The average molecular weight is 282 g/mol. The number of halogens is 1. The third-order valence-electron chi connectivity index (χ3n) is 3.67. The van der Waals surface area contributed by atoms with Gasteiger partial charge >= 0.3 is 0 Å². The topological polar surface area (TPSA) is 38.3 Å². The van der Waals surface area contributed by atoms with Gasteiger partial charge in [-0.25, -0.2) is 0 Å². The molecule has 104 valence electrons. The van der Waals surface area contributed by atoms with Gasteiger partial charge in [0.15, 0.2) is 0 Å². The lowest BCUT2D eigenvalue weighted by atomic mass is 9.93. The molecule has 0 spiro atoms. The fraction of sp³-hybridized carbons (Fsp3) is 0.533. The zero-order valence-corrected chi connectivity index (χ0v) is 11.9. The van der Waals surface area contributed by atoms with Crippen LogP contribution in [-0.4, -0.2) is 25.2 Å². The summed E-state index contributed by atoms with van der Waals surface area (Å²) < 4.78 is 5.33. The van der Waals surface area contributed by atoms with Crippen molar-refractivity contribution in [3.05, 3.63) is 35.9 Å². The Balaban J connectivity index is 1.89. The summed E-state index contributed by atoms with van der Waals surface area (Å²) >= 11 is 6.20. The number of carbonyl (C=O) groups is 1. The van der Waals surface area contributed by atoms with E-state index in [1.54, 1.807) is 0 Å². The maximum absolute atomic E-state index is 12.1. The molecule has 1 aromatic rings. The van der Waals surface area contributed by atoms with E-state index in [1.165, 1.54) is 0 Å². The van der Waals surface area contributed by atoms with Gasteiger partial charge in [-0.1, -0.05) is 30.3 Å². The molecular weight excluding hydrogens is 262 g/mol. The van der Waals surface area contributed by atoms with Crippen LogP contribution in [0, 0.1) is 5.92 Å². The summed E-state index contributed by atoms with van der Waals surface area (Å²) in [6, 6.07) is 9.57. The van der Waals surface area contributed by atoms with Gasteiger partial charge in [-0.05, 0) is 31.2 Å². The number of rotatable bonds is 4. The van der Waals surface area contributed by atoms with Crippen LogP contribution >= 0.6 is 11.6 Å². The molecule has 4 heteroatoms. The second-order valence-corrected chi connectivity index (χ2v) is 5.46. The van der Waals surface area contributed by atoms with Crippen molar-refractivity contribution in [3.63, 3.8) is 0 Å². The molecule has 3 nitrogen and oxygen atoms in total. The highest BCUT2D eigenvalue weighted by molar-refractivity contribution is 6.30. The number of nitrogens with one attached hydrogen (secondary N) is 1. The number of alkyl halides is 1. The van der Waals surface area contributed by atoms with Crippen molar-refractivity contribution < 1.29 is 9.53 Å². The Morgan fingerprint density at radius 1 is 1.32 bits per heavy atom. The van der Waals surface area contributed by atoms with Crippen molar-refractivity contribution in [1.29, 1.82) is 0 Å². The lowest BCUT2D eigenvalue weighted by Crippen LogP contribution is -2.41. The molecule has 0 aliphatic carbocycles. The molecule has 1 saturated heterocycles. The van der Waals surface area contributed by atoms with Crippen molar-refractivity contribution >= 4 is 17.5 Å². The van der Waals surface area contributed by atoms with Crippen molar-refractivity contribution in [3.8, 4) is 0 Å². The zero-order chi connectivity index (χ0) is 13.7. The summed E-state index contributed by atoms with van der Waals surface area (Å²) in [5, 5.41) is 2.40. The van der Waals surface area contributed by atoms with Crippen LogP contribution in [0.15, 0.2) is 30.3 Å². The molecule has 0 saturated carbocycles. The number of amides is 1. The summed E-state index contributed by atoms with van der Waals surface area (Å²) in [6.07, 6.45) is 2.00. The Morgan fingerprint density at radius 2 is 1.95 bits per heavy atom. The van der Waals surface area contributed by atoms with E-state index >= 15 is 0 Å². The first-order valence-electron chi connectivity index (χ1n) is 6.75. The molecule has 1 amide bonds. The number of ether oxygens (including phenoxy) is 1. The van der Waals surface area contributed by atoms with Crippen molar-refractivity contribution in [2.24, 2.45) is 5.92 Å². The van der Waals surface area contributed by atoms with E-state index in [0.717, 1.165) is 31.6 Å². The van der Waals surface area contributed by atoms with E-state index in [-0.39, 0.29) is 11.9 Å². The van der Waals surface area contributed by atoms with Gasteiger partial charge in [-0.15, -0.1) is 11.6 Å². The summed E-state index contributed by atoms with van der Waals surface area (Å²) in [5.41, 5.74) is 0.834. The Labute approximate surface area is 119 Å². The summed E-state index contributed by atoms with van der Waals surface area (Å²) in [4.78, 5) is 12.1. The van der Waals surface area contributed by atoms with Crippen molar-refractivity contribution in [2.75, 3.05) is 13.2 Å². The maximum Gasteiger partial charge on any atom is 0.242 e. The summed E-state index contributed by atoms with van der Waals surface area (Å²) in [5.74, 6) is 0.365. The minimum Gasteiger partial charge on any atom is -0.381 e. The fourth-order valence-corrected chi connectivity index (χ4v) is 2.61. The van der Waals surface area contributed by atoms with Gasteiger partial charge in [0.05, 0.1) is 0 Å². The van der Waals surface area contributed by atoms with E-state index in [1.807, 2.05) is 37.3 Å². The molecule has 1 aliphatic rings. The second-order valence-electron chi connectivity index (χ2n) is 5.02. The molecule has 1 heterocycles. The van der Waals surface area contributed by atoms with Crippen molar-refractivity contribution in [2.45, 2.75) is 31.2 Å². The van der Waals surface area contributed by atoms with Gasteiger partial charge < -0.3 is 10.1 Å². The first-order valence-corrected chi connectivity index (χ1v) is 7.19. The average Bonchev–Trinajstić information content (AvgIpc) is 2.48. The lowest BCUT2D eigenvalue weighted by molar-refractivity contribution is -0.122. The first-order chi connectivity index (χ1) is 9.18. The minimum atomic E-state index is -0.622. The van der Waals surface area contributed by atoms with Crippen LogP contribution in [0.3, 0.4) is 0 Å². The molecule has 1 N–H and O–H groups in total. The first kappa shape index (κ1) is 14.4. The summed E-state index contributed by atoms with van der Waals surface area (Å²) in [7, 11) is 0. The maximum atomic E-state index is 12.1. The third-order valence-corrected chi connectivity index (χ3v) is 4.12. The molecule has 1 aliphatic heterocycles. The van der Waals surface area contributed by atoms with Crippen LogP contribution in [0.5, 0.6) is 0 Å². The van der Waals surface area contributed by atoms with Crippen LogP contribution in [0.4, 0.5) is 0 Å². The van der Waals surface area contributed by atoms with Gasteiger partial charge in [-0.3, -0.25) is 4.79 Å². The Kier molecular flexibility index (Phi) is 5.23. The summed E-state index contributed by atoms with van der Waals surface area (Å²) in [6.45, 7) is 3.62. The van der Waals surface area contributed by atoms with Gasteiger partial charge in [-0.2, -0.15) is 0 Å². The quantitative estimate of drug-likeness (QED) is 0.862. The normalized spacial score (nSPS) is 19.7. The molecule has 0 radical (unpaired) electrons. The van der Waals surface area contributed by atoms with Gasteiger partial charge in [0.25, 0.3) is 0 Å². The molecule has 0 bridgehead atoms. The van der Waals surface area contributed by atoms with E-state index in [0.29, 0.717) is 5.92 Å². The Bertz CT molecular complexity index is 404. The van der Waals surface area contributed by atoms with E-state index < -0.39 is 5.38 Å². The molecule has 1 aromatic carbocycles. The zero-order valence-electron chi connectivity index (χ0n) is 11.1. The lowest BCUT2D eigenvalue weighted by Gasteiger charge is -2.29. The molecule has 1 fully saturated rings. The van der Waals surface area contributed by atoms with E-state index in [4.69, 9.17) is 16.3 Å². The smallest absolute Gasteiger partial charge is 0.242 e. The van der Waals surface area contributed by atoms with Gasteiger partial charge in [0.2, 0.25) is 5.91 Å². The van der Waals surface area contributed by atoms with Crippen LogP contribution in [0.2, 0.25) is 0 Å². The minimum absolute atomic E-state index is 0.119. The predicted molar refractivity (Wildman–Crippen MR) is 76.2 cm³/mol. The van der Waals surface area contributed by atoms with Crippen molar-refractivity contribution in [1.82, 2.24) is 5.32 Å². The number of hydrogen-bond acceptors (Lipinski definition) is 2. The van der Waals surface area contributed by atoms with E-state index in [9.17, 15) is 4.79 Å². The highest BCUT2D eigenvalue weighted by Gasteiger charge is 2.25. The van der Waals surface area contributed by atoms with Gasteiger partial charge in [0.1, 0.15) is 5.38 Å². The van der Waals surface area contributed by atoms with Crippen LogP contribution in [0.1, 0.15) is 30.7 Å². The van der Waals surface area contributed by atoms with Crippen LogP contribution in [-0.2, 0) is 9.53 Å². The highest BCUT2D eigenvalue weighted by atomic mass is 35.5. The third kappa shape index (κ3) is 3.95. The molecular formula is C15H20ClNO2. The Morgan fingerprint density at radius 3 is 2.58 bits per heavy atom. The molecule has 2 unspecified atom stereocenters. The predicted octanol–water partition coefficient (Wildman–Crippen LogP) is 2.90. The molecule has 19 heavy (non-hydrogen) atoms. The monoisotopic (exact) mass is 281 g/mol.